The summed E-state index contributed by atoms with van der Waals surface area (Å²) < 4.78 is 26.0. The lowest BCUT2D eigenvalue weighted by Crippen LogP contribution is -2.30. The zero-order valence-electron chi connectivity index (χ0n) is 23.7. The average Bonchev–Trinajstić information content (AvgIpc) is 3.86. The molecule has 0 saturated heterocycles. The van der Waals surface area contributed by atoms with Gasteiger partial charge in [-0.05, 0) is 74.1 Å². The number of carbonyl (C=O) groups excluding carboxylic acids is 1. The molecule has 2 fully saturated rings. The Morgan fingerprint density at radius 2 is 1.76 bits per heavy atom. The fraction of sp³-hybridized carbons (Fsp3) is 0.452. The Hall–Kier alpha value is -3.39. The number of dihydropyridines is 1. The number of nitro benzene ring substituents is 1. The first-order chi connectivity index (χ1) is 19.7. The van der Waals surface area contributed by atoms with Crippen LogP contribution in [0.5, 0.6) is 0 Å². The Kier molecular flexibility index (Phi) is 8.97. The molecular formula is C31H37N3O6P+. The number of likely N-dealkylation sites (N-methyl/N-ethyl adjacent to an activating group) is 1. The van der Waals surface area contributed by atoms with Crippen LogP contribution >= 0.6 is 8.03 Å². The second-order valence-electron chi connectivity index (χ2n) is 11.3. The largest absolute Gasteiger partial charge is 0.547 e. The van der Waals surface area contributed by atoms with Gasteiger partial charge in [-0.3, -0.25) is 15.0 Å². The second-order valence-corrected chi connectivity index (χ2v) is 12.5. The number of carbonyl (C=O) groups is 1. The van der Waals surface area contributed by atoms with E-state index in [9.17, 15) is 19.5 Å². The highest BCUT2D eigenvalue weighted by molar-refractivity contribution is 7.44. The van der Waals surface area contributed by atoms with Crippen LogP contribution in [-0.4, -0.2) is 42.1 Å². The van der Waals surface area contributed by atoms with Gasteiger partial charge in [0.2, 0.25) is 5.31 Å². The highest BCUT2D eigenvalue weighted by Crippen LogP contribution is 2.56. The summed E-state index contributed by atoms with van der Waals surface area (Å²) in [7, 11) is -0.365. The van der Waals surface area contributed by atoms with Crippen molar-refractivity contribution >= 4 is 19.7 Å². The van der Waals surface area contributed by atoms with Crippen molar-refractivity contribution < 1.29 is 23.5 Å². The molecule has 2 saturated carbocycles. The number of esters is 1. The number of non-ortho nitro benzene ring substituents is 1. The topological polar surface area (TPSA) is 111 Å². The molecule has 10 heteroatoms. The summed E-state index contributed by atoms with van der Waals surface area (Å²) in [6.07, 6.45) is 4.23. The zero-order chi connectivity index (χ0) is 29.1. The van der Waals surface area contributed by atoms with Crippen molar-refractivity contribution in [3.8, 4) is 0 Å². The fourth-order valence-electron chi connectivity index (χ4n) is 5.56. The first-order valence-electron chi connectivity index (χ1n) is 14.2. The third-order valence-electron chi connectivity index (χ3n) is 7.95. The van der Waals surface area contributed by atoms with Crippen LogP contribution in [0.1, 0.15) is 56.6 Å². The minimum atomic E-state index is -2.33. The van der Waals surface area contributed by atoms with Crippen molar-refractivity contribution in [1.29, 1.82) is 0 Å². The molecule has 1 N–H and O–H groups in total. The van der Waals surface area contributed by atoms with E-state index in [-0.39, 0.29) is 24.0 Å². The summed E-state index contributed by atoms with van der Waals surface area (Å²) in [5.41, 5.74) is 3.05. The fourth-order valence-corrected chi connectivity index (χ4v) is 7.06. The van der Waals surface area contributed by atoms with Gasteiger partial charge in [0.15, 0.2) is 0 Å². The predicted molar refractivity (Wildman–Crippen MR) is 156 cm³/mol. The van der Waals surface area contributed by atoms with Gasteiger partial charge in [0, 0.05) is 30.9 Å². The van der Waals surface area contributed by atoms with E-state index >= 15 is 0 Å². The zero-order valence-corrected chi connectivity index (χ0v) is 24.6. The van der Waals surface area contributed by atoms with E-state index in [1.165, 1.54) is 12.1 Å². The van der Waals surface area contributed by atoms with Crippen molar-refractivity contribution in [2.24, 2.45) is 11.8 Å². The molecule has 1 aliphatic heterocycles. The van der Waals surface area contributed by atoms with E-state index in [0.29, 0.717) is 47.2 Å². The van der Waals surface area contributed by atoms with Gasteiger partial charge in [-0.1, -0.05) is 42.5 Å². The van der Waals surface area contributed by atoms with Crippen LogP contribution in [0.4, 0.5) is 5.69 Å². The summed E-state index contributed by atoms with van der Waals surface area (Å²) in [6, 6.07) is 16.2. The quantitative estimate of drug-likeness (QED) is 0.126. The average molecular weight is 579 g/mol. The van der Waals surface area contributed by atoms with Crippen molar-refractivity contribution in [2.45, 2.75) is 58.1 Å². The molecule has 0 spiro atoms. The van der Waals surface area contributed by atoms with Crippen LogP contribution in [0.15, 0.2) is 76.9 Å². The number of hydrogen-bond donors (Lipinski definition) is 1. The predicted octanol–water partition coefficient (Wildman–Crippen LogP) is 6.41. The molecule has 2 aliphatic carbocycles. The molecule has 9 nitrogen and oxygen atoms in total. The third kappa shape index (κ3) is 7.10. The lowest BCUT2D eigenvalue weighted by atomic mass is 9.86. The first-order valence-corrected chi connectivity index (χ1v) is 15.4. The molecule has 2 unspecified atom stereocenters. The van der Waals surface area contributed by atoms with Gasteiger partial charge < -0.3 is 10.1 Å². The lowest BCUT2D eigenvalue weighted by Gasteiger charge is -2.27. The van der Waals surface area contributed by atoms with Crippen LogP contribution in [0, 0.1) is 22.0 Å². The Balaban J connectivity index is 1.38. The Morgan fingerprint density at radius 3 is 2.39 bits per heavy atom. The minimum absolute atomic E-state index is 0.0628. The second kappa shape index (κ2) is 12.6. The summed E-state index contributed by atoms with van der Waals surface area (Å²) in [6.45, 7) is 4.97. The molecule has 216 valence electrons. The lowest BCUT2D eigenvalue weighted by molar-refractivity contribution is -0.384. The van der Waals surface area contributed by atoms with Crippen molar-refractivity contribution in [1.82, 2.24) is 10.2 Å². The van der Waals surface area contributed by atoms with Crippen LogP contribution in [0.3, 0.4) is 0 Å². The molecule has 0 radical (unpaired) electrons. The van der Waals surface area contributed by atoms with Gasteiger partial charge in [0.1, 0.15) is 12.7 Å². The highest BCUT2D eigenvalue weighted by Gasteiger charge is 2.51. The van der Waals surface area contributed by atoms with E-state index in [2.05, 4.69) is 10.2 Å². The maximum absolute atomic E-state index is 14.0. The molecule has 2 aromatic rings. The van der Waals surface area contributed by atoms with Gasteiger partial charge in [-0.25, -0.2) is 4.79 Å². The molecule has 2 aromatic carbocycles. The molecule has 5 rings (SSSR count). The summed E-state index contributed by atoms with van der Waals surface area (Å²) >= 11 is 0. The SMILES string of the molecule is CC1=C(C(=O)OCCN(C)Cc2ccccc2)C(c2cccc([N+](=O)[O-])c2)C([P+](=O)OC(C2CC2)C2CC2)=C(C)N1. The van der Waals surface area contributed by atoms with Crippen molar-refractivity contribution in [3.63, 3.8) is 0 Å². The van der Waals surface area contributed by atoms with Gasteiger partial charge in [0.25, 0.3) is 5.69 Å². The normalized spacial score (nSPS) is 19.4. The van der Waals surface area contributed by atoms with Gasteiger partial charge in [-0.15, -0.1) is 4.52 Å². The van der Waals surface area contributed by atoms with E-state index in [1.54, 1.807) is 19.1 Å². The van der Waals surface area contributed by atoms with Gasteiger partial charge in [-0.2, -0.15) is 0 Å². The summed E-state index contributed by atoms with van der Waals surface area (Å²) in [5, 5.41) is 15.3. The third-order valence-corrected chi connectivity index (χ3v) is 9.37. The van der Waals surface area contributed by atoms with E-state index in [4.69, 9.17) is 9.26 Å². The molecule has 1 heterocycles. The minimum Gasteiger partial charge on any atom is -0.461 e. The van der Waals surface area contributed by atoms with E-state index < -0.39 is 24.8 Å². The molecule has 41 heavy (non-hydrogen) atoms. The highest BCUT2D eigenvalue weighted by atomic mass is 31.1. The van der Waals surface area contributed by atoms with E-state index in [0.717, 1.165) is 31.2 Å². The maximum atomic E-state index is 14.0. The number of benzene rings is 2. The number of nitrogens with one attached hydrogen (secondary N) is 1. The number of allylic oxidation sites excluding steroid dienone is 3. The number of hydrogen-bond acceptors (Lipinski definition) is 8. The van der Waals surface area contributed by atoms with Crippen molar-refractivity contribution in [2.75, 3.05) is 20.2 Å². The maximum Gasteiger partial charge on any atom is 0.547 e. The summed E-state index contributed by atoms with van der Waals surface area (Å²) in [4.78, 5) is 26.9. The monoisotopic (exact) mass is 578 g/mol. The molecule has 0 bridgehead atoms. The van der Waals surface area contributed by atoms with Crippen LogP contribution < -0.4 is 5.32 Å². The molecule has 3 aliphatic rings. The van der Waals surface area contributed by atoms with Crippen LogP contribution in [0.25, 0.3) is 0 Å². The Morgan fingerprint density at radius 1 is 1.07 bits per heavy atom. The number of nitrogens with zero attached hydrogens (tertiary/aromatic N) is 2. The molecular weight excluding hydrogens is 541 g/mol. The molecule has 0 amide bonds. The molecule has 2 atom stereocenters. The van der Waals surface area contributed by atoms with Gasteiger partial charge in [0.05, 0.1) is 22.1 Å². The molecule has 0 aromatic heterocycles. The smallest absolute Gasteiger partial charge is 0.461 e. The first kappa shape index (κ1) is 29.1. The van der Waals surface area contributed by atoms with Crippen molar-refractivity contribution in [3.05, 3.63) is 98.1 Å². The standard InChI is InChI=1S/C31H36N3O6P/c1-20-27(31(35)39-17-16-33(3)19-22-8-5-4-6-9-22)28(25-10-7-11-26(18-25)34(36)37)30(21(2)32-20)41(38)40-29(23-12-13-23)24-14-15-24/h4-11,18,23-24,28-29H,12-17,19H2,1-3H3/p+1. The number of nitro groups is 1. The van der Waals surface area contributed by atoms with Crippen LogP contribution in [-0.2, 0) is 25.2 Å². The Bertz CT molecular complexity index is 1370. The van der Waals surface area contributed by atoms with E-state index in [1.807, 2.05) is 44.3 Å². The number of rotatable bonds is 13. The number of ether oxygens (including phenoxy) is 1. The van der Waals surface area contributed by atoms with Crippen LogP contribution in [0.2, 0.25) is 0 Å². The van der Waals surface area contributed by atoms with Gasteiger partial charge >= 0.3 is 14.0 Å². The summed E-state index contributed by atoms with van der Waals surface area (Å²) in [5.74, 6) is -0.503. The Labute approximate surface area is 241 Å².